The molecule has 0 amide bonds. The summed E-state index contributed by atoms with van der Waals surface area (Å²) in [5.74, 6) is -0.210. The first kappa shape index (κ1) is 29.0. The number of rotatable bonds is 13. The van der Waals surface area contributed by atoms with Crippen molar-refractivity contribution in [2.75, 3.05) is 6.61 Å². The summed E-state index contributed by atoms with van der Waals surface area (Å²) < 4.78 is 12.1. The highest BCUT2D eigenvalue weighted by Gasteiger charge is 2.38. The van der Waals surface area contributed by atoms with Crippen LogP contribution in [0.4, 0.5) is 0 Å². The van der Waals surface area contributed by atoms with E-state index < -0.39 is 14.4 Å². The molecule has 35 heavy (non-hydrogen) atoms. The fraction of sp³-hybridized carbons (Fsp3) is 0.500. The molecule has 0 spiro atoms. The third-order valence-electron chi connectivity index (χ3n) is 6.73. The van der Waals surface area contributed by atoms with Crippen LogP contribution in [0.1, 0.15) is 71.0 Å². The number of unbranched alkanes of at least 4 members (excludes halogenated alkanes) is 1. The fourth-order valence-electron chi connectivity index (χ4n) is 3.61. The lowest BCUT2D eigenvalue weighted by molar-refractivity contribution is -0.146. The van der Waals surface area contributed by atoms with Crippen LogP contribution in [0.3, 0.4) is 0 Å². The molecule has 0 saturated heterocycles. The van der Waals surface area contributed by atoms with Gasteiger partial charge in [0.25, 0.3) is 0 Å². The second kappa shape index (κ2) is 13.8. The average Bonchev–Trinajstić information content (AvgIpc) is 2.81. The molecule has 5 heteroatoms. The van der Waals surface area contributed by atoms with Gasteiger partial charge >= 0.3 is 5.97 Å². The fourth-order valence-corrected chi connectivity index (χ4v) is 4.98. The lowest BCUT2D eigenvalue weighted by Crippen LogP contribution is -2.43. The zero-order chi connectivity index (χ0) is 25.9. The van der Waals surface area contributed by atoms with Gasteiger partial charge in [-0.05, 0) is 49.0 Å². The molecule has 0 fully saturated rings. The summed E-state index contributed by atoms with van der Waals surface area (Å²) >= 11 is 0. The number of benzene rings is 2. The highest BCUT2D eigenvalue weighted by molar-refractivity contribution is 6.74. The molecule has 2 aromatic carbocycles. The maximum Gasteiger partial charge on any atom is 0.323 e. The topological polar surface area (TPSA) is 47.6 Å². The lowest BCUT2D eigenvalue weighted by Gasteiger charge is -2.37. The highest BCUT2D eigenvalue weighted by atomic mass is 28.4. The molecule has 2 aromatic rings. The van der Waals surface area contributed by atoms with E-state index in [2.05, 4.69) is 89.4 Å². The third kappa shape index (κ3) is 9.40. The molecule has 0 saturated carbocycles. The predicted molar refractivity (Wildman–Crippen MR) is 149 cm³/mol. The van der Waals surface area contributed by atoms with E-state index in [0.29, 0.717) is 13.0 Å². The second-order valence-corrected chi connectivity index (χ2v) is 15.5. The Morgan fingerprint density at radius 2 is 1.54 bits per heavy atom. The molecule has 4 nitrogen and oxygen atoms in total. The van der Waals surface area contributed by atoms with Gasteiger partial charge in [-0.15, -0.1) is 0 Å². The van der Waals surface area contributed by atoms with Crippen LogP contribution in [0.25, 0.3) is 0 Å². The van der Waals surface area contributed by atoms with Gasteiger partial charge in [-0.1, -0.05) is 107 Å². The molecule has 0 heterocycles. The van der Waals surface area contributed by atoms with E-state index in [1.54, 1.807) is 0 Å². The van der Waals surface area contributed by atoms with Gasteiger partial charge in [0, 0.05) is 0 Å². The van der Waals surface area contributed by atoms with Crippen LogP contribution in [0, 0.1) is 0 Å². The van der Waals surface area contributed by atoms with Crippen LogP contribution in [0.5, 0.6) is 0 Å². The van der Waals surface area contributed by atoms with E-state index in [1.165, 1.54) is 0 Å². The van der Waals surface area contributed by atoms with Gasteiger partial charge in [-0.25, -0.2) is 0 Å². The Kier molecular flexibility index (Phi) is 11.4. The van der Waals surface area contributed by atoms with Gasteiger partial charge in [0.2, 0.25) is 0 Å². The Hall–Kier alpha value is -2.21. The third-order valence-corrected chi connectivity index (χ3v) is 11.3. The molecule has 0 aliphatic carbocycles. The quantitative estimate of drug-likeness (QED) is 0.136. The summed E-state index contributed by atoms with van der Waals surface area (Å²) in [6, 6.07) is 19.9. The van der Waals surface area contributed by atoms with Gasteiger partial charge in [-0.2, -0.15) is 0 Å². The highest BCUT2D eigenvalue weighted by Crippen LogP contribution is 2.37. The smallest absolute Gasteiger partial charge is 0.323 e. The largest absolute Gasteiger partial charge is 0.465 e. The maximum absolute atomic E-state index is 13.1. The zero-order valence-electron chi connectivity index (χ0n) is 22.7. The number of carbonyl (C=O) groups is 1. The van der Waals surface area contributed by atoms with Crippen LogP contribution in [-0.4, -0.2) is 33.0 Å². The Bertz CT molecular complexity index is 867. The number of esters is 1. The first-order valence-corrected chi connectivity index (χ1v) is 15.8. The first-order chi connectivity index (χ1) is 16.5. The summed E-state index contributed by atoms with van der Waals surface area (Å²) in [6.45, 7) is 15.9. The summed E-state index contributed by atoms with van der Waals surface area (Å²) in [4.78, 5) is 13.1. The minimum atomic E-state index is -1.86. The van der Waals surface area contributed by atoms with Crippen molar-refractivity contribution in [3.05, 3.63) is 83.9 Å². The van der Waals surface area contributed by atoms with Crippen molar-refractivity contribution in [2.45, 2.75) is 90.2 Å². The first-order valence-electron chi connectivity index (χ1n) is 12.9. The predicted octanol–water partition coefficient (Wildman–Crippen LogP) is 7.43. The average molecular weight is 496 g/mol. The molecule has 192 valence electrons. The summed E-state index contributed by atoms with van der Waals surface area (Å²) in [5.41, 5.74) is 2.23. The summed E-state index contributed by atoms with van der Waals surface area (Å²) in [6.07, 6.45) is 6.52. The van der Waals surface area contributed by atoms with Gasteiger partial charge in [0.05, 0.1) is 18.8 Å². The van der Waals surface area contributed by atoms with E-state index >= 15 is 0 Å². The van der Waals surface area contributed by atoms with Crippen molar-refractivity contribution in [2.24, 2.45) is 0 Å². The maximum atomic E-state index is 13.1. The minimum absolute atomic E-state index is 0.00769. The molecule has 0 unspecified atom stereocenters. The molecule has 2 rings (SSSR count). The van der Waals surface area contributed by atoms with Crippen molar-refractivity contribution >= 4 is 14.3 Å². The van der Waals surface area contributed by atoms with E-state index in [1.807, 2.05) is 36.4 Å². The number of nitrogens with one attached hydrogen (secondary N) is 1. The Labute approximate surface area is 214 Å². The molecule has 1 N–H and O–H groups in total. The normalized spacial score (nSPS) is 14.3. The van der Waals surface area contributed by atoms with Gasteiger partial charge < -0.3 is 9.16 Å². The number of carbonyl (C=O) groups excluding carboxylic acids is 1. The van der Waals surface area contributed by atoms with Crippen molar-refractivity contribution in [3.8, 4) is 0 Å². The number of hydrogen-bond donors (Lipinski definition) is 1. The minimum Gasteiger partial charge on any atom is -0.465 e. The van der Waals surface area contributed by atoms with Crippen LogP contribution in [0.2, 0.25) is 18.1 Å². The Balaban J connectivity index is 2.21. The lowest BCUT2D eigenvalue weighted by atomic mass is 9.97. The Morgan fingerprint density at radius 3 is 2.03 bits per heavy atom. The van der Waals surface area contributed by atoms with Gasteiger partial charge in [-0.3, -0.25) is 10.1 Å². The molecular weight excluding hydrogens is 450 g/mol. The zero-order valence-corrected chi connectivity index (χ0v) is 23.7. The van der Waals surface area contributed by atoms with E-state index in [-0.39, 0.29) is 23.2 Å². The van der Waals surface area contributed by atoms with Crippen molar-refractivity contribution in [1.82, 2.24) is 5.32 Å². The van der Waals surface area contributed by atoms with Crippen LogP contribution in [-0.2, 0) is 14.0 Å². The van der Waals surface area contributed by atoms with Crippen LogP contribution < -0.4 is 5.32 Å². The molecule has 0 aliphatic heterocycles. The molecule has 0 aliphatic rings. The van der Waals surface area contributed by atoms with E-state index in [9.17, 15) is 4.79 Å². The van der Waals surface area contributed by atoms with Crippen molar-refractivity contribution in [3.63, 3.8) is 0 Å². The van der Waals surface area contributed by atoms with Crippen molar-refractivity contribution in [1.29, 1.82) is 0 Å². The van der Waals surface area contributed by atoms with E-state index in [0.717, 1.165) is 24.0 Å². The summed E-state index contributed by atoms with van der Waals surface area (Å²) in [5, 5.41) is 3.76. The molecule has 0 aromatic heterocycles. The van der Waals surface area contributed by atoms with Gasteiger partial charge in [0.1, 0.15) is 6.04 Å². The molecule has 0 bridgehead atoms. The second-order valence-electron chi connectivity index (χ2n) is 10.7. The molecular formula is C30H45NO3Si. The van der Waals surface area contributed by atoms with Crippen LogP contribution >= 0.6 is 0 Å². The number of hydrogen-bond acceptors (Lipinski definition) is 4. The monoisotopic (exact) mass is 495 g/mol. The van der Waals surface area contributed by atoms with Gasteiger partial charge in [0.15, 0.2) is 8.32 Å². The van der Waals surface area contributed by atoms with E-state index in [4.69, 9.17) is 9.16 Å². The van der Waals surface area contributed by atoms with Crippen LogP contribution in [0.15, 0.2) is 72.8 Å². The van der Waals surface area contributed by atoms with Crippen molar-refractivity contribution < 1.29 is 14.0 Å². The Morgan fingerprint density at radius 1 is 1.00 bits per heavy atom. The number of ether oxygens (including phenoxy) is 1. The summed E-state index contributed by atoms with van der Waals surface area (Å²) in [7, 11) is -1.86. The standard InChI is InChI=1S/C30H45NO3Si/c1-8-9-23-33-29(32)27(22-16-17-24(2)34-35(6,7)30(3,4)5)31-28(25-18-12-10-13-19-25)26-20-14-11-15-21-26/h10-21,24,27-28,31H,8-9,22-23H2,1-7H3/b17-16+/t24-,27+/m1/s1. The molecule has 0 radical (unpaired) electrons. The SMILES string of the molecule is CCCCOC(=O)[C@H](C/C=C/[C@@H](C)O[Si](C)(C)C(C)(C)C)NC(c1ccccc1)c1ccccc1. The molecule has 2 atom stereocenters.